The van der Waals surface area contributed by atoms with Crippen molar-refractivity contribution in [3.63, 3.8) is 0 Å². The van der Waals surface area contributed by atoms with Crippen LogP contribution in [0.2, 0.25) is 0 Å². The molecule has 0 spiro atoms. The number of carbonyl (C=O) groups is 1. The number of ether oxygens (including phenoxy) is 2. The molecule has 1 N–H and O–H groups in total. The molecule has 8 nitrogen and oxygen atoms in total. The van der Waals surface area contributed by atoms with Gasteiger partial charge in [-0.2, -0.15) is 0 Å². The summed E-state index contributed by atoms with van der Waals surface area (Å²) < 4.78 is 12.3. The summed E-state index contributed by atoms with van der Waals surface area (Å²) in [5.74, 6) is 1.06. The third-order valence-corrected chi connectivity index (χ3v) is 3.72. The monoisotopic (exact) mass is 353 g/mol. The van der Waals surface area contributed by atoms with E-state index in [2.05, 4.69) is 20.8 Å². The van der Waals surface area contributed by atoms with Gasteiger partial charge in [0.05, 0.1) is 13.7 Å². The van der Waals surface area contributed by atoms with Crippen LogP contribution in [0.1, 0.15) is 11.6 Å². The van der Waals surface area contributed by atoms with Crippen LogP contribution in [0.4, 0.5) is 0 Å². The van der Waals surface area contributed by atoms with Crippen molar-refractivity contribution in [2.75, 3.05) is 20.3 Å². The molecular weight excluding hydrogens is 334 g/mol. The van der Waals surface area contributed by atoms with Crippen LogP contribution >= 0.6 is 0 Å². The topological polar surface area (TPSA) is 91.2 Å². The maximum atomic E-state index is 12.7. The van der Waals surface area contributed by atoms with Crippen LogP contribution in [0.3, 0.4) is 0 Å². The van der Waals surface area contributed by atoms with E-state index in [9.17, 15) is 4.79 Å². The summed E-state index contributed by atoms with van der Waals surface area (Å²) in [4.78, 5) is 12.7. The zero-order valence-electron chi connectivity index (χ0n) is 14.3. The van der Waals surface area contributed by atoms with Gasteiger partial charge in [-0.1, -0.05) is 42.5 Å². The molecule has 2 aromatic carbocycles. The van der Waals surface area contributed by atoms with Crippen molar-refractivity contribution >= 4 is 5.91 Å². The van der Waals surface area contributed by atoms with E-state index in [0.29, 0.717) is 24.7 Å². The van der Waals surface area contributed by atoms with Gasteiger partial charge in [0, 0.05) is 0 Å². The average molecular weight is 353 g/mol. The molecule has 1 atom stereocenters. The van der Waals surface area contributed by atoms with Crippen molar-refractivity contribution in [1.82, 2.24) is 25.5 Å². The molecule has 0 unspecified atom stereocenters. The Balaban J connectivity index is 1.60. The smallest absolute Gasteiger partial charge is 0.249 e. The normalized spacial score (nSPS) is 11.6. The van der Waals surface area contributed by atoms with Gasteiger partial charge in [0.1, 0.15) is 12.9 Å². The summed E-state index contributed by atoms with van der Waals surface area (Å²) in [6.45, 7) is 0.644. The molecule has 3 rings (SSSR count). The van der Waals surface area contributed by atoms with Gasteiger partial charge in [-0.25, -0.2) is 4.68 Å². The Morgan fingerprint density at radius 2 is 1.85 bits per heavy atom. The van der Waals surface area contributed by atoms with Crippen molar-refractivity contribution in [2.45, 2.75) is 6.04 Å². The molecule has 1 aromatic heterocycles. The van der Waals surface area contributed by atoms with Gasteiger partial charge in [-0.3, -0.25) is 4.79 Å². The van der Waals surface area contributed by atoms with Gasteiger partial charge < -0.3 is 14.8 Å². The van der Waals surface area contributed by atoms with Gasteiger partial charge in [0.2, 0.25) is 5.91 Å². The van der Waals surface area contributed by atoms with Gasteiger partial charge in [0.15, 0.2) is 17.5 Å². The summed E-state index contributed by atoms with van der Waals surface area (Å²) in [5, 5.41) is 14.0. The average Bonchev–Trinajstić information content (AvgIpc) is 3.21. The third kappa shape index (κ3) is 4.15. The molecule has 26 heavy (non-hydrogen) atoms. The van der Waals surface area contributed by atoms with E-state index in [1.54, 1.807) is 7.11 Å². The zero-order chi connectivity index (χ0) is 18.2. The lowest BCUT2D eigenvalue weighted by molar-refractivity contribution is -0.123. The second-order valence-electron chi connectivity index (χ2n) is 5.39. The minimum absolute atomic E-state index is 0.216. The molecule has 0 aliphatic rings. The Morgan fingerprint density at radius 1 is 1.12 bits per heavy atom. The third-order valence-electron chi connectivity index (χ3n) is 3.72. The molecule has 0 radical (unpaired) electrons. The largest absolute Gasteiger partial charge is 0.493 e. The van der Waals surface area contributed by atoms with E-state index < -0.39 is 6.04 Å². The predicted molar refractivity (Wildman–Crippen MR) is 93.9 cm³/mol. The molecular formula is C18H19N5O3. The molecule has 0 fully saturated rings. The van der Waals surface area contributed by atoms with E-state index in [1.165, 1.54) is 11.0 Å². The molecule has 134 valence electrons. The molecule has 0 aliphatic heterocycles. The summed E-state index contributed by atoms with van der Waals surface area (Å²) in [6, 6.07) is 16.1. The van der Waals surface area contributed by atoms with E-state index in [1.807, 2.05) is 54.6 Å². The standard InChI is InChI=1S/C18H19N5O3/c1-25-15-9-5-6-10-16(15)26-12-11-19-18(24)17(23-13-20-21-22-23)14-7-3-2-4-8-14/h2-10,13,17H,11-12H2,1H3,(H,19,24)/t17-/m0/s1. The highest BCUT2D eigenvalue weighted by Crippen LogP contribution is 2.25. The van der Waals surface area contributed by atoms with E-state index in [0.717, 1.165) is 5.56 Å². The van der Waals surface area contributed by atoms with Gasteiger partial charge in [-0.05, 0) is 28.1 Å². The summed E-state index contributed by atoms with van der Waals surface area (Å²) >= 11 is 0. The van der Waals surface area contributed by atoms with E-state index in [4.69, 9.17) is 9.47 Å². The minimum atomic E-state index is -0.641. The number of para-hydroxylation sites is 2. The number of hydrogen-bond acceptors (Lipinski definition) is 6. The van der Waals surface area contributed by atoms with Crippen LogP contribution in [0.25, 0.3) is 0 Å². The lowest BCUT2D eigenvalue weighted by atomic mass is 10.1. The number of aromatic nitrogens is 4. The Labute approximate surface area is 150 Å². The zero-order valence-corrected chi connectivity index (χ0v) is 14.3. The highest BCUT2D eigenvalue weighted by molar-refractivity contribution is 5.83. The van der Waals surface area contributed by atoms with Gasteiger partial charge >= 0.3 is 0 Å². The van der Waals surface area contributed by atoms with Crippen LogP contribution in [-0.2, 0) is 4.79 Å². The maximum absolute atomic E-state index is 12.7. The lowest BCUT2D eigenvalue weighted by Gasteiger charge is -2.17. The number of tetrazole rings is 1. The first-order valence-corrected chi connectivity index (χ1v) is 8.10. The molecule has 0 aliphatic carbocycles. The number of benzene rings is 2. The Bertz CT molecular complexity index is 824. The fourth-order valence-corrected chi connectivity index (χ4v) is 2.52. The van der Waals surface area contributed by atoms with Gasteiger partial charge in [0.25, 0.3) is 0 Å². The number of rotatable bonds is 8. The minimum Gasteiger partial charge on any atom is -0.493 e. The molecule has 0 saturated heterocycles. The summed E-state index contributed by atoms with van der Waals surface area (Å²) in [7, 11) is 1.58. The molecule has 1 amide bonds. The van der Waals surface area contributed by atoms with Crippen molar-refractivity contribution in [3.8, 4) is 11.5 Å². The molecule has 0 bridgehead atoms. The number of amides is 1. The van der Waals surface area contributed by atoms with Gasteiger partial charge in [-0.15, -0.1) is 5.10 Å². The Kier molecular flexibility index (Phi) is 5.76. The SMILES string of the molecule is COc1ccccc1OCCNC(=O)[C@H](c1ccccc1)n1cnnn1. The predicted octanol–water partition coefficient (Wildman–Crippen LogP) is 1.47. The molecule has 1 heterocycles. The number of methoxy groups -OCH3 is 1. The molecule has 0 saturated carbocycles. The Hall–Kier alpha value is -3.42. The first kappa shape index (κ1) is 17.4. The Morgan fingerprint density at radius 3 is 2.54 bits per heavy atom. The summed E-state index contributed by atoms with van der Waals surface area (Å²) in [5.41, 5.74) is 0.794. The summed E-state index contributed by atoms with van der Waals surface area (Å²) in [6.07, 6.45) is 1.42. The number of nitrogens with one attached hydrogen (secondary N) is 1. The van der Waals surface area contributed by atoms with Crippen LogP contribution in [0, 0.1) is 0 Å². The van der Waals surface area contributed by atoms with Crippen LogP contribution in [0.15, 0.2) is 60.9 Å². The highest BCUT2D eigenvalue weighted by Gasteiger charge is 2.23. The molecule has 3 aromatic rings. The van der Waals surface area contributed by atoms with Crippen molar-refractivity contribution < 1.29 is 14.3 Å². The quantitative estimate of drug-likeness (QED) is 0.617. The van der Waals surface area contributed by atoms with Crippen LogP contribution in [-0.4, -0.2) is 46.4 Å². The second kappa shape index (κ2) is 8.61. The van der Waals surface area contributed by atoms with Crippen molar-refractivity contribution in [3.05, 3.63) is 66.5 Å². The number of carbonyl (C=O) groups excluding carboxylic acids is 1. The first-order valence-electron chi connectivity index (χ1n) is 8.10. The van der Waals surface area contributed by atoms with Crippen molar-refractivity contribution in [1.29, 1.82) is 0 Å². The first-order chi connectivity index (χ1) is 12.8. The highest BCUT2D eigenvalue weighted by atomic mass is 16.5. The van der Waals surface area contributed by atoms with Crippen LogP contribution < -0.4 is 14.8 Å². The fourth-order valence-electron chi connectivity index (χ4n) is 2.52. The number of hydrogen-bond donors (Lipinski definition) is 1. The maximum Gasteiger partial charge on any atom is 0.249 e. The number of nitrogens with zero attached hydrogens (tertiary/aromatic N) is 4. The van der Waals surface area contributed by atoms with Crippen LogP contribution in [0.5, 0.6) is 11.5 Å². The van der Waals surface area contributed by atoms with E-state index in [-0.39, 0.29) is 5.91 Å². The lowest BCUT2D eigenvalue weighted by Crippen LogP contribution is -2.36. The van der Waals surface area contributed by atoms with E-state index >= 15 is 0 Å². The second-order valence-corrected chi connectivity index (χ2v) is 5.39. The fraction of sp³-hybridized carbons (Fsp3) is 0.222. The molecule has 8 heteroatoms. The van der Waals surface area contributed by atoms with Crippen molar-refractivity contribution in [2.24, 2.45) is 0 Å².